The first-order valence-corrected chi connectivity index (χ1v) is 22.2. The number of hydrogen-bond acceptors (Lipinski definition) is 11. The second kappa shape index (κ2) is 15.1. The lowest BCUT2D eigenvalue weighted by Gasteiger charge is -2.51. The summed E-state index contributed by atoms with van der Waals surface area (Å²) in [4.78, 5) is 27.0. The van der Waals surface area contributed by atoms with Gasteiger partial charge in [0.25, 0.3) is 5.91 Å². The largest absolute Gasteiger partial charge is 0.490 e. The number of anilines is 1. The highest BCUT2D eigenvalue weighted by molar-refractivity contribution is 7.15. The Morgan fingerprint density at radius 3 is 2.55 bits per heavy atom. The van der Waals surface area contributed by atoms with Gasteiger partial charge in [-0.25, -0.2) is 0 Å². The minimum Gasteiger partial charge on any atom is -0.490 e. The van der Waals surface area contributed by atoms with Crippen molar-refractivity contribution in [2.75, 3.05) is 18.0 Å². The molecule has 5 aromatic rings. The number of nitrogens with zero attached hydrogens (tertiary/aromatic N) is 9. The van der Waals surface area contributed by atoms with E-state index in [0.717, 1.165) is 116 Å². The third kappa shape index (κ3) is 7.11. The molecule has 0 radical (unpaired) electrons. The molecule has 6 heterocycles. The zero-order chi connectivity index (χ0) is 41.2. The standard InChI is InChI=1S/C46H45ClN10O2S/c1-27-28(2)60-43-40(27)41(51-46(18-19-46)44-55-52-29(3)57(43)44)37-14-7-30(25-49-37)5-6-31-22-45(23-31)17-4-20-56(26-45)39-16-15-38(53-54-39)42(58)50-33-9-12-34(13-10-33)59-35-11-8-32(24-48)36(47)21-35/h7-8,11,14-16,21,25,31,33-34H,4,9-10,12-13,17-20,22-23,26H2,1-3H3,(H,50,58)/t31?,33-,34-,45?. The van der Waals surface area contributed by atoms with Gasteiger partial charge in [0, 0.05) is 53.3 Å². The maximum absolute atomic E-state index is 13.1. The number of fused-ring (bicyclic) bond motifs is 4. The minimum atomic E-state index is -0.332. The van der Waals surface area contributed by atoms with Crippen LogP contribution in [0, 0.1) is 55.3 Å². The molecule has 0 bridgehead atoms. The van der Waals surface area contributed by atoms with E-state index in [9.17, 15) is 4.79 Å². The number of pyridine rings is 1. The van der Waals surface area contributed by atoms with Gasteiger partial charge in [0.05, 0.1) is 28.1 Å². The van der Waals surface area contributed by atoms with E-state index in [1.54, 1.807) is 35.6 Å². The summed E-state index contributed by atoms with van der Waals surface area (Å²) in [6, 6.07) is 15.1. The summed E-state index contributed by atoms with van der Waals surface area (Å²) in [7, 11) is 0. The third-order valence-corrected chi connectivity index (χ3v) is 14.6. The Balaban J connectivity index is 0.728. The fourth-order valence-electron chi connectivity index (χ4n) is 9.58. The lowest BCUT2D eigenvalue weighted by molar-refractivity contribution is 0.0684. The number of aromatic nitrogens is 6. The molecule has 4 fully saturated rings. The molecule has 0 atom stereocenters. The van der Waals surface area contributed by atoms with Crippen LogP contribution >= 0.6 is 22.9 Å². The molecular formula is C46H45ClN10O2S. The first-order valence-electron chi connectivity index (χ1n) is 21.0. The predicted molar refractivity (Wildman–Crippen MR) is 230 cm³/mol. The van der Waals surface area contributed by atoms with E-state index in [2.05, 4.69) is 79.1 Å². The van der Waals surface area contributed by atoms with Gasteiger partial charge in [-0.05, 0) is 132 Å². The molecule has 304 valence electrons. The molecule has 2 spiro atoms. The summed E-state index contributed by atoms with van der Waals surface area (Å²) in [5.41, 5.74) is 5.73. The van der Waals surface area contributed by atoms with Crippen molar-refractivity contribution in [1.29, 1.82) is 5.26 Å². The maximum Gasteiger partial charge on any atom is 0.272 e. The van der Waals surface area contributed by atoms with E-state index in [4.69, 9.17) is 31.6 Å². The van der Waals surface area contributed by atoms with E-state index in [1.165, 1.54) is 16.9 Å². The number of benzene rings is 1. The average Bonchev–Trinajstić information content (AvgIpc) is 3.86. The monoisotopic (exact) mass is 836 g/mol. The predicted octanol–water partition coefficient (Wildman–Crippen LogP) is 7.97. The Labute approximate surface area is 358 Å². The first-order chi connectivity index (χ1) is 29.1. The summed E-state index contributed by atoms with van der Waals surface area (Å²) < 4.78 is 8.33. The molecular weight excluding hydrogens is 792 g/mol. The lowest BCUT2D eigenvalue weighted by atomic mass is 9.58. The van der Waals surface area contributed by atoms with E-state index < -0.39 is 0 Å². The molecule has 5 aliphatic rings. The molecule has 1 N–H and O–H groups in total. The number of halogens is 1. The van der Waals surface area contributed by atoms with Crippen molar-refractivity contribution in [3.8, 4) is 28.7 Å². The Bertz CT molecular complexity index is 2630. The molecule has 10 rings (SSSR count). The van der Waals surface area contributed by atoms with Gasteiger partial charge in [0.1, 0.15) is 28.2 Å². The van der Waals surface area contributed by atoms with Crippen molar-refractivity contribution < 1.29 is 9.53 Å². The van der Waals surface area contributed by atoms with Gasteiger partial charge in [-0.15, -0.1) is 31.7 Å². The molecule has 2 aliphatic heterocycles. The van der Waals surface area contributed by atoms with Gasteiger partial charge in [-0.2, -0.15) is 5.26 Å². The SMILES string of the molecule is Cc1sc2c(c1C)C(c1ccc(C#CC3CC4(CCCN(c5ccc(C(=O)N[C@H]6CC[C@H](Oc7ccc(C#N)c(Cl)c7)CC6)nn5)C4)C3)cn1)=NC1(CC1)c1nnc(C)n1-2. The van der Waals surface area contributed by atoms with Gasteiger partial charge in [-0.3, -0.25) is 19.3 Å². The number of hydrogen-bond donors (Lipinski definition) is 1. The lowest BCUT2D eigenvalue weighted by Crippen LogP contribution is -2.50. The van der Waals surface area contributed by atoms with E-state index in [1.807, 2.05) is 19.2 Å². The number of piperidine rings is 1. The average molecular weight is 837 g/mol. The highest BCUT2D eigenvalue weighted by Crippen LogP contribution is 2.53. The van der Waals surface area contributed by atoms with E-state index in [-0.39, 0.29) is 29.0 Å². The second-order valence-electron chi connectivity index (χ2n) is 17.3. The molecule has 1 aromatic carbocycles. The van der Waals surface area contributed by atoms with Crippen molar-refractivity contribution in [3.05, 3.63) is 104 Å². The zero-order valence-electron chi connectivity index (χ0n) is 34.0. The number of amides is 1. The number of aliphatic imine (C=N–C) groups is 1. The molecule has 14 heteroatoms. The fraction of sp³-hybridized carbons (Fsp3) is 0.435. The summed E-state index contributed by atoms with van der Waals surface area (Å²) in [5, 5.41) is 31.7. The van der Waals surface area contributed by atoms with Crippen LogP contribution in [0.1, 0.15) is 119 Å². The summed E-state index contributed by atoms with van der Waals surface area (Å²) in [6.07, 6.45) is 11.5. The molecule has 3 saturated carbocycles. The van der Waals surface area contributed by atoms with Gasteiger partial charge < -0.3 is 15.0 Å². The van der Waals surface area contributed by atoms with Crippen molar-refractivity contribution in [2.24, 2.45) is 16.3 Å². The maximum atomic E-state index is 13.1. The highest BCUT2D eigenvalue weighted by atomic mass is 35.5. The van der Waals surface area contributed by atoms with Gasteiger partial charge in [0.2, 0.25) is 0 Å². The molecule has 3 aliphatic carbocycles. The fourth-order valence-corrected chi connectivity index (χ4v) is 11.0. The Hall–Kier alpha value is -5.63. The second-order valence-corrected chi connectivity index (χ2v) is 18.9. The summed E-state index contributed by atoms with van der Waals surface area (Å²) in [5.74, 6) is 10.4. The summed E-state index contributed by atoms with van der Waals surface area (Å²) >= 11 is 7.95. The van der Waals surface area contributed by atoms with Crippen LogP contribution in [0.5, 0.6) is 5.75 Å². The van der Waals surface area contributed by atoms with Crippen LogP contribution in [0.25, 0.3) is 5.00 Å². The van der Waals surface area contributed by atoms with Crippen LogP contribution in [0.2, 0.25) is 5.02 Å². The first kappa shape index (κ1) is 38.6. The molecule has 12 nitrogen and oxygen atoms in total. The number of aryl methyl sites for hydroxylation is 2. The van der Waals surface area contributed by atoms with E-state index in [0.29, 0.717) is 27.9 Å². The van der Waals surface area contributed by atoms with Crippen molar-refractivity contribution in [2.45, 2.75) is 103 Å². The van der Waals surface area contributed by atoms with Gasteiger partial charge >= 0.3 is 0 Å². The molecule has 1 amide bonds. The van der Waals surface area contributed by atoms with Crippen LogP contribution in [0.3, 0.4) is 0 Å². The van der Waals surface area contributed by atoms with Crippen LogP contribution in [-0.2, 0) is 5.54 Å². The third-order valence-electron chi connectivity index (χ3n) is 13.1. The normalized spacial score (nSPS) is 23.6. The van der Waals surface area contributed by atoms with Crippen LogP contribution in [0.4, 0.5) is 5.82 Å². The van der Waals surface area contributed by atoms with Crippen LogP contribution < -0.4 is 15.0 Å². The number of carbonyl (C=O) groups excluding carboxylic acids is 1. The zero-order valence-corrected chi connectivity index (χ0v) is 35.5. The number of thiophene rings is 1. The molecule has 60 heavy (non-hydrogen) atoms. The Morgan fingerprint density at radius 2 is 1.83 bits per heavy atom. The molecule has 1 saturated heterocycles. The Morgan fingerprint density at radius 1 is 1.00 bits per heavy atom. The van der Waals surface area contributed by atoms with Crippen LogP contribution in [0.15, 0.2) is 53.7 Å². The van der Waals surface area contributed by atoms with Crippen molar-refractivity contribution >= 4 is 40.4 Å². The number of rotatable bonds is 6. The number of nitrogens with one attached hydrogen (secondary N) is 1. The minimum absolute atomic E-state index is 0.0329. The number of carbonyl (C=O) groups is 1. The van der Waals surface area contributed by atoms with Gasteiger partial charge in [-0.1, -0.05) is 23.4 Å². The summed E-state index contributed by atoms with van der Waals surface area (Å²) in [6.45, 7) is 8.21. The van der Waals surface area contributed by atoms with Crippen molar-refractivity contribution in [1.82, 2.24) is 35.3 Å². The van der Waals surface area contributed by atoms with Gasteiger partial charge in [0.15, 0.2) is 17.3 Å². The number of ether oxygens (including phenoxy) is 1. The highest BCUT2D eigenvalue weighted by Gasteiger charge is 2.52. The quantitative estimate of drug-likeness (QED) is 0.168. The topological polar surface area (TPSA) is 147 Å². The van der Waals surface area contributed by atoms with Crippen molar-refractivity contribution in [3.63, 3.8) is 0 Å². The van der Waals surface area contributed by atoms with E-state index >= 15 is 0 Å². The van der Waals surface area contributed by atoms with Crippen LogP contribution in [-0.4, -0.2) is 66.8 Å². The molecule has 4 aromatic heterocycles. The number of nitriles is 1. The Kier molecular flexibility index (Phi) is 9.72. The smallest absolute Gasteiger partial charge is 0.272 e. The molecule has 0 unspecified atom stereocenters.